The number of carbonyl (C=O) groups is 1. The molecule has 0 unspecified atom stereocenters. The van der Waals surface area contributed by atoms with Gasteiger partial charge in [0.25, 0.3) is 5.91 Å². The summed E-state index contributed by atoms with van der Waals surface area (Å²) < 4.78 is 1.40. The van der Waals surface area contributed by atoms with Crippen LogP contribution >= 0.6 is 11.6 Å². The Kier molecular flexibility index (Phi) is 4.78. The van der Waals surface area contributed by atoms with E-state index in [2.05, 4.69) is 33.0 Å². The molecule has 1 aliphatic rings. The number of nitrogens with one attached hydrogen (secondary N) is 1. The van der Waals surface area contributed by atoms with Crippen LogP contribution in [0.4, 0.5) is 0 Å². The summed E-state index contributed by atoms with van der Waals surface area (Å²) in [5, 5.41) is 25.5. The highest BCUT2D eigenvalue weighted by Crippen LogP contribution is 2.48. The van der Waals surface area contributed by atoms with Gasteiger partial charge in [-0.2, -0.15) is 20.3 Å². The number of hydrogen-bond donors (Lipinski definition) is 1. The zero-order valence-electron chi connectivity index (χ0n) is 15.6. The first-order valence-electron chi connectivity index (χ1n) is 8.95. The number of amides is 1. The monoisotopic (exact) mass is 415 g/mol. The summed E-state index contributed by atoms with van der Waals surface area (Å²) in [6.45, 7) is 3.88. The molecule has 1 amide bonds. The minimum atomic E-state index is -0.557. The predicted octanol–water partition coefficient (Wildman–Crippen LogP) is 3.14. The molecule has 2 aromatic heterocycles. The van der Waals surface area contributed by atoms with Crippen molar-refractivity contribution in [1.82, 2.24) is 25.1 Å². The number of hydrogen-bond acceptors (Lipinski definition) is 6. The van der Waals surface area contributed by atoms with Gasteiger partial charge >= 0.3 is 0 Å². The van der Waals surface area contributed by atoms with Crippen LogP contribution in [0.25, 0.3) is 11.5 Å². The smallest absolute Gasteiger partial charge is 0.255 e. The minimum Gasteiger partial charge on any atom is -0.319 e. The van der Waals surface area contributed by atoms with Crippen molar-refractivity contribution in [3.8, 4) is 18.0 Å². The molecular formula is C21H14ClN7O. The standard InChI is InChI=1S/C21H14ClN7O/c1-13(19-26-12-27-29(19)18-3-2-14(9-23)10-25-18)28-20(30)15-6-16(8-17(22)7-15)21(11-24)4-5-21/h2-3,6-8,10,12H,1,4-5H2,(H,28,30). The highest BCUT2D eigenvalue weighted by Gasteiger charge is 2.45. The van der Waals surface area contributed by atoms with E-state index in [1.807, 2.05) is 6.07 Å². The molecule has 0 spiro atoms. The highest BCUT2D eigenvalue weighted by molar-refractivity contribution is 6.31. The first-order chi connectivity index (χ1) is 14.5. The Bertz CT molecular complexity index is 1240. The number of carbonyl (C=O) groups excluding carboxylic acids is 1. The van der Waals surface area contributed by atoms with Crippen molar-refractivity contribution >= 4 is 23.2 Å². The number of nitriles is 2. The van der Waals surface area contributed by atoms with E-state index < -0.39 is 11.3 Å². The Morgan fingerprint density at radius 3 is 2.67 bits per heavy atom. The topological polar surface area (TPSA) is 120 Å². The molecule has 0 bridgehead atoms. The Hall–Kier alpha value is -4.01. The summed E-state index contributed by atoms with van der Waals surface area (Å²) in [7, 11) is 0. The van der Waals surface area contributed by atoms with Gasteiger partial charge in [0.2, 0.25) is 0 Å². The van der Waals surface area contributed by atoms with Gasteiger partial charge in [0.15, 0.2) is 11.6 Å². The van der Waals surface area contributed by atoms with E-state index in [0.717, 1.165) is 18.4 Å². The lowest BCUT2D eigenvalue weighted by Crippen LogP contribution is -2.24. The lowest BCUT2D eigenvalue weighted by Gasteiger charge is -2.12. The summed E-state index contributed by atoms with van der Waals surface area (Å²) >= 11 is 6.18. The van der Waals surface area contributed by atoms with Gasteiger partial charge < -0.3 is 5.32 Å². The Morgan fingerprint density at radius 1 is 1.23 bits per heavy atom. The van der Waals surface area contributed by atoms with Crippen LogP contribution in [0.2, 0.25) is 5.02 Å². The summed E-state index contributed by atoms with van der Waals surface area (Å²) in [6, 6.07) is 12.5. The number of aromatic nitrogens is 4. The molecule has 30 heavy (non-hydrogen) atoms. The van der Waals surface area contributed by atoms with E-state index in [9.17, 15) is 10.1 Å². The predicted molar refractivity (Wildman–Crippen MR) is 108 cm³/mol. The second kappa shape index (κ2) is 7.43. The van der Waals surface area contributed by atoms with Gasteiger partial charge in [0, 0.05) is 16.8 Å². The number of halogens is 1. The fraction of sp³-hybridized carbons (Fsp3) is 0.143. The van der Waals surface area contributed by atoms with Crippen LogP contribution in [0, 0.1) is 22.7 Å². The Morgan fingerprint density at radius 2 is 2.03 bits per heavy atom. The van der Waals surface area contributed by atoms with Crippen molar-refractivity contribution in [2.75, 3.05) is 0 Å². The van der Waals surface area contributed by atoms with Gasteiger partial charge in [-0.1, -0.05) is 18.2 Å². The summed E-state index contributed by atoms with van der Waals surface area (Å²) in [5.74, 6) is 0.282. The van der Waals surface area contributed by atoms with Gasteiger partial charge in [-0.05, 0) is 48.7 Å². The van der Waals surface area contributed by atoms with E-state index >= 15 is 0 Å². The van der Waals surface area contributed by atoms with Crippen molar-refractivity contribution in [3.05, 3.63) is 77.0 Å². The van der Waals surface area contributed by atoms with E-state index in [1.54, 1.807) is 24.3 Å². The lowest BCUT2D eigenvalue weighted by atomic mass is 9.95. The average Bonchev–Trinajstić information content (AvgIpc) is 3.41. The Balaban J connectivity index is 1.57. The molecule has 1 saturated carbocycles. The second-order valence-corrected chi connectivity index (χ2v) is 7.30. The van der Waals surface area contributed by atoms with Gasteiger partial charge in [0.05, 0.1) is 22.7 Å². The molecule has 146 valence electrons. The third kappa shape index (κ3) is 3.52. The van der Waals surface area contributed by atoms with Crippen LogP contribution in [0.5, 0.6) is 0 Å². The van der Waals surface area contributed by atoms with E-state index in [0.29, 0.717) is 27.8 Å². The third-order valence-electron chi connectivity index (χ3n) is 4.85. The molecule has 8 nitrogen and oxygen atoms in total. The van der Waals surface area contributed by atoms with Gasteiger partial charge in [-0.15, -0.1) is 0 Å². The number of benzene rings is 1. The number of rotatable bonds is 5. The van der Waals surface area contributed by atoms with Crippen LogP contribution < -0.4 is 5.32 Å². The van der Waals surface area contributed by atoms with Crippen molar-refractivity contribution < 1.29 is 4.79 Å². The van der Waals surface area contributed by atoms with E-state index in [-0.39, 0.29) is 5.70 Å². The SMILES string of the molecule is C=C(NC(=O)c1cc(Cl)cc(C2(C#N)CC2)c1)c1ncnn1-c1ccc(C#N)cn1. The number of pyridine rings is 1. The van der Waals surface area contributed by atoms with Crippen LogP contribution in [0.1, 0.15) is 40.2 Å². The molecule has 0 atom stereocenters. The lowest BCUT2D eigenvalue weighted by molar-refractivity contribution is 0.0973. The Labute approximate surface area is 177 Å². The van der Waals surface area contributed by atoms with Crippen LogP contribution in [0.3, 0.4) is 0 Å². The summed E-state index contributed by atoms with van der Waals surface area (Å²) in [4.78, 5) is 21.1. The molecule has 2 heterocycles. The second-order valence-electron chi connectivity index (χ2n) is 6.87. The molecule has 0 aliphatic heterocycles. The normalized spacial score (nSPS) is 13.7. The van der Waals surface area contributed by atoms with Crippen molar-refractivity contribution in [2.24, 2.45) is 0 Å². The third-order valence-corrected chi connectivity index (χ3v) is 5.07. The first-order valence-corrected chi connectivity index (χ1v) is 9.33. The van der Waals surface area contributed by atoms with Crippen LogP contribution in [-0.4, -0.2) is 25.7 Å². The van der Waals surface area contributed by atoms with Crippen LogP contribution in [-0.2, 0) is 5.41 Å². The summed E-state index contributed by atoms with van der Waals surface area (Å²) in [6.07, 6.45) is 4.23. The zero-order chi connectivity index (χ0) is 21.3. The average molecular weight is 416 g/mol. The molecule has 0 saturated heterocycles. The maximum absolute atomic E-state index is 12.8. The summed E-state index contributed by atoms with van der Waals surface area (Å²) in [5.41, 5.74) is 1.13. The maximum Gasteiger partial charge on any atom is 0.255 e. The maximum atomic E-state index is 12.8. The zero-order valence-corrected chi connectivity index (χ0v) is 16.4. The van der Waals surface area contributed by atoms with Gasteiger partial charge in [0.1, 0.15) is 12.4 Å². The molecule has 1 N–H and O–H groups in total. The number of nitrogens with zero attached hydrogens (tertiary/aromatic N) is 6. The van der Waals surface area contributed by atoms with E-state index in [1.165, 1.54) is 23.3 Å². The van der Waals surface area contributed by atoms with Crippen molar-refractivity contribution in [2.45, 2.75) is 18.3 Å². The fourth-order valence-corrected chi connectivity index (χ4v) is 3.28. The molecule has 3 aromatic rings. The molecule has 4 rings (SSSR count). The molecule has 1 aromatic carbocycles. The first kappa shape index (κ1) is 19.3. The largest absolute Gasteiger partial charge is 0.319 e. The molecular weight excluding hydrogens is 402 g/mol. The molecule has 9 heteroatoms. The van der Waals surface area contributed by atoms with Gasteiger partial charge in [-0.3, -0.25) is 4.79 Å². The van der Waals surface area contributed by atoms with Gasteiger partial charge in [-0.25, -0.2) is 9.97 Å². The van der Waals surface area contributed by atoms with Crippen LogP contribution in [0.15, 0.2) is 49.4 Å². The molecule has 0 radical (unpaired) electrons. The fourth-order valence-electron chi connectivity index (χ4n) is 3.04. The van der Waals surface area contributed by atoms with Crippen molar-refractivity contribution in [3.63, 3.8) is 0 Å². The quantitative estimate of drug-likeness (QED) is 0.683. The highest BCUT2D eigenvalue weighted by atomic mass is 35.5. The molecule has 1 fully saturated rings. The van der Waals surface area contributed by atoms with Crippen molar-refractivity contribution in [1.29, 1.82) is 10.5 Å². The molecule has 1 aliphatic carbocycles. The van der Waals surface area contributed by atoms with E-state index in [4.69, 9.17) is 16.9 Å². The minimum absolute atomic E-state index is 0.214.